The molecule has 0 spiro atoms. The summed E-state index contributed by atoms with van der Waals surface area (Å²) in [7, 11) is 0. The van der Waals surface area contributed by atoms with Crippen molar-refractivity contribution in [2.75, 3.05) is 24.5 Å². The number of amides is 1. The largest absolute Gasteiger partial charge is 0.355 e. The zero-order valence-corrected chi connectivity index (χ0v) is 14.3. The molecule has 0 saturated carbocycles. The van der Waals surface area contributed by atoms with Crippen molar-refractivity contribution in [2.24, 2.45) is 0 Å². The van der Waals surface area contributed by atoms with Gasteiger partial charge in [0.05, 0.1) is 17.1 Å². The van der Waals surface area contributed by atoms with Gasteiger partial charge in [-0.15, -0.1) is 0 Å². The van der Waals surface area contributed by atoms with E-state index in [-0.39, 0.29) is 12.5 Å². The van der Waals surface area contributed by atoms with Crippen molar-refractivity contribution >= 4 is 50.2 Å². The maximum absolute atomic E-state index is 11.7. The molecule has 2 aromatic rings. The first-order chi connectivity index (χ1) is 10.0. The number of hydrogen-bond donors (Lipinski definition) is 1. The van der Waals surface area contributed by atoms with E-state index in [9.17, 15) is 4.79 Å². The molecule has 0 unspecified atom stereocenters. The molecule has 21 heavy (non-hydrogen) atoms. The van der Waals surface area contributed by atoms with E-state index in [1.807, 2.05) is 43.0 Å². The summed E-state index contributed by atoms with van der Waals surface area (Å²) in [5, 5.41) is 4.35. The fraction of sp³-hybridized carbons (Fsp3) is 0.333. The molecule has 1 N–H and O–H groups in total. The van der Waals surface area contributed by atoms with Crippen LogP contribution in [-0.2, 0) is 4.79 Å². The fourth-order valence-corrected chi connectivity index (χ4v) is 2.98. The van der Waals surface area contributed by atoms with Gasteiger partial charge in [0.15, 0.2) is 0 Å². The summed E-state index contributed by atoms with van der Waals surface area (Å²) in [6.07, 6.45) is 0. The van der Waals surface area contributed by atoms with Crippen molar-refractivity contribution in [3.8, 4) is 0 Å². The van der Waals surface area contributed by atoms with Crippen molar-refractivity contribution < 1.29 is 4.79 Å². The Kier molecular flexibility index (Phi) is 5.42. The molecule has 0 saturated heterocycles. The van der Waals surface area contributed by atoms with E-state index in [0.29, 0.717) is 18.1 Å². The lowest BCUT2D eigenvalue weighted by molar-refractivity contribution is -0.119. The molecule has 0 radical (unpaired) electrons. The van der Waals surface area contributed by atoms with Crippen molar-refractivity contribution in [3.63, 3.8) is 0 Å². The number of anilines is 1. The standard InChI is InChI=1S/C15H17BrClN3O/c1-3-18-14(21)9-20(4-2)13-6-5-10-7-11(16)8-12(17)15(10)19-13/h5-8H,3-4,9H2,1-2H3,(H,18,21). The van der Waals surface area contributed by atoms with Gasteiger partial charge in [0.25, 0.3) is 0 Å². The number of carbonyl (C=O) groups excluding carboxylic acids is 1. The maximum Gasteiger partial charge on any atom is 0.239 e. The molecule has 6 heteroatoms. The number of rotatable bonds is 5. The van der Waals surface area contributed by atoms with Crippen molar-refractivity contribution in [1.82, 2.24) is 10.3 Å². The van der Waals surface area contributed by atoms with Gasteiger partial charge >= 0.3 is 0 Å². The number of nitrogens with zero attached hydrogens (tertiary/aromatic N) is 2. The molecule has 0 atom stereocenters. The Bertz CT molecular complexity index is 663. The Morgan fingerprint density at radius 1 is 1.38 bits per heavy atom. The number of carbonyl (C=O) groups is 1. The highest BCUT2D eigenvalue weighted by atomic mass is 79.9. The summed E-state index contributed by atoms with van der Waals surface area (Å²) in [5.74, 6) is 0.739. The summed E-state index contributed by atoms with van der Waals surface area (Å²) in [6, 6.07) is 7.67. The Hall–Kier alpha value is -1.33. The number of hydrogen-bond acceptors (Lipinski definition) is 3. The highest BCUT2D eigenvalue weighted by Gasteiger charge is 2.12. The third kappa shape index (κ3) is 3.86. The first-order valence-corrected chi connectivity index (χ1v) is 7.99. The van der Waals surface area contributed by atoms with E-state index in [1.54, 1.807) is 0 Å². The molecule has 0 aliphatic carbocycles. The van der Waals surface area contributed by atoms with Crippen LogP contribution in [0, 0.1) is 0 Å². The lowest BCUT2D eigenvalue weighted by Gasteiger charge is -2.21. The average Bonchev–Trinajstić information content (AvgIpc) is 2.44. The predicted octanol–water partition coefficient (Wildman–Crippen LogP) is 3.61. The second-order valence-corrected chi connectivity index (χ2v) is 5.92. The van der Waals surface area contributed by atoms with Crippen LogP contribution < -0.4 is 10.2 Å². The Morgan fingerprint density at radius 3 is 2.81 bits per heavy atom. The van der Waals surface area contributed by atoms with Gasteiger partial charge in [0.2, 0.25) is 5.91 Å². The molecular weight excluding hydrogens is 354 g/mol. The van der Waals surface area contributed by atoms with E-state index >= 15 is 0 Å². The zero-order chi connectivity index (χ0) is 15.4. The summed E-state index contributed by atoms with van der Waals surface area (Å²) < 4.78 is 0.921. The molecule has 1 heterocycles. The van der Waals surface area contributed by atoms with E-state index in [4.69, 9.17) is 11.6 Å². The van der Waals surface area contributed by atoms with E-state index < -0.39 is 0 Å². The van der Waals surface area contributed by atoms with Gasteiger partial charge in [-0.1, -0.05) is 27.5 Å². The molecule has 112 valence electrons. The topological polar surface area (TPSA) is 45.2 Å². The van der Waals surface area contributed by atoms with E-state index in [0.717, 1.165) is 21.2 Å². The molecular formula is C15H17BrClN3O. The molecule has 0 aliphatic heterocycles. The van der Waals surface area contributed by atoms with Crippen LogP contribution in [0.25, 0.3) is 10.9 Å². The third-order valence-corrected chi connectivity index (χ3v) is 3.86. The molecule has 1 aromatic carbocycles. The first-order valence-electron chi connectivity index (χ1n) is 6.82. The number of pyridine rings is 1. The van der Waals surface area contributed by atoms with E-state index in [1.165, 1.54) is 0 Å². The van der Waals surface area contributed by atoms with Crippen molar-refractivity contribution in [3.05, 3.63) is 33.8 Å². The normalized spacial score (nSPS) is 10.7. The lowest BCUT2D eigenvalue weighted by atomic mass is 10.2. The SMILES string of the molecule is CCNC(=O)CN(CC)c1ccc2cc(Br)cc(Cl)c2n1. The Balaban J connectivity index is 2.34. The van der Waals surface area contributed by atoms with Crippen LogP contribution in [0.1, 0.15) is 13.8 Å². The molecule has 0 fully saturated rings. The van der Waals surface area contributed by atoms with Crippen LogP contribution in [0.3, 0.4) is 0 Å². The number of likely N-dealkylation sites (N-methyl/N-ethyl adjacent to an activating group) is 2. The minimum Gasteiger partial charge on any atom is -0.355 e. The van der Waals surface area contributed by atoms with Gasteiger partial charge in [-0.05, 0) is 38.1 Å². The van der Waals surface area contributed by atoms with Crippen LogP contribution in [0.15, 0.2) is 28.7 Å². The van der Waals surface area contributed by atoms with Gasteiger partial charge in [0, 0.05) is 22.9 Å². The van der Waals surface area contributed by atoms with Gasteiger partial charge in [-0.25, -0.2) is 4.98 Å². The monoisotopic (exact) mass is 369 g/mol. The molecule has 0 aliphatic rings. The van der Waals surface area contributed by atoms with E-state index in [2.05, 4.69) is 26.2 Å². The van der Waals surface area contributed by atoms with Gasteiger partial charge in [0.1, 0.15) is 5.82 Å². The van der Waals surface area contributed by atoms with Crippen molar-refractivity contribution in [2.45, 2.75) is 13.8 Å². The number of aromatic nitrogens is 1. The highest BCUT2D eigenvalue weighted by Crippen LogP contribution is 2.28. The maximum atomic E-state index is 11.7. The highest BCUT2D eigenvalue weighted by molar-refractivity contribution is 9.10. The lowest BCUT2D eigenvalue weighted by Crippen LogP contribution is -2.37. The molecule has 4 nitrogen and oxygen atoms in total. The van der Waals surface area contributed by atoms with Crippen LogP contribution in [0.2, 0.25) is 5.02 Å². The van der Waals surface area contributed by atoms with Crippen LogP contribution in [-0.4, -0.2) is 30.5 Å². The predicted molar refractivity (Wildman–Crippen MR) is 91.0 cm³/mol. The quantitative estimate of drug-likeness (QED) is 0.874. The second kappa shape index (κ2) is 7.09. The second-order valence-electron chi connectivity index (χ2n) is 4.60. The van der Waals surface area contributed by atoms with Crippen LogP contribution in [0.5, 0.6) is 0 Å². The van der Waals surface area contributed by atoms with Crippen LogP contribution >= 0.6 is 27.5 Å². The molecule has 1 amide bonds. The number of nitrogens with one attached hydrogen (secondary N) is 1. The molecule has 1 aromatic heterocycles. The third-order valence-electron chi connectivity index (χ3n) is 3.11. The average molecular weight is 371 g/mol. The van der Waals surface area contributed by atoms with Crippen molar-refractivity contribution in [1.29, 1.82) is 0 Å². The Labute approximate surface area is 137 Å². The first kappa shape index (κ1) is 16.0. The fourth-order valence-electron chi connectivity index (χ4n) is 2.10. The zero-order valence-electron chi connectivity index (χ0n) is 12.0. The molecule has 0 bridgehead atoms. The minimum absolute atomic E-state index is 0.0110. The number of fused-ring (bicyclic) bond motifs is 1. The van der Waals surface area contributed by atoms with Gasteiger partial charge in [-0.3, -0.25) is 4.79 Å². The smallest absolute Gasteiger partial charge is 0.239 e. The number of benzene rings is 1. The summed E-state index contributed by atoms with van der Waals surface area (Å²) >= 11 is 9.67. The molecule has 2 rings (SSSR count). The van der Waals surface area contributed by atoms with Gasteiger partial charge in [-0.2, -0.15) is 0 Å². The number of halogens is 2. The Morgan fingerprint density at radius 2 is 2.14 bits per heavy atom. The van der Waals surface area contributed by atoms with Gasteiger partial charge < -0.3 is 10.2 Å². The summed E-state index contributed by atoms with van der Waals surface area (Å²) in [4.78, 5) is 18.3. The summed E-state index contributed by atoms with van der Waals surface area (Å²) in [6.45, 7) is 5.51. The van der Waals surface area contributed by atoms with Crippen LogP contribution in [0.4, 0.5) is 5.82 Å². The summed E-state index contributed by atoms with van der Waals surface area (Å²) in [5.41, 5.74) is 0.742. The minimum atomic E-state index is -0.0110.